The van der Waals surface area contributed by atoms with Crippen molar-refractivity contribution in [3.05, 3.63) is 22.7 Å². The first-order chi connectivity index (χ1) is 8.20. The second kappa shape index (κ2) is 6.97. The van der Waals surface area contributed by atoms with Crippen molar-refractivity contribution in [2.24, 2.45) is 0 Å². The molecule has 4 nitrogen and oxygen atoms in total. The number of carbonyl (C=O) groups excluding carboxylic acids is 1. The van der Waals surface area contributed by atoms with Crippen LogP contribution < -0.4 is 15.4 Å². The summed E-state index contributed by atoms with van der Waals surface area (Å²) >= 11 is 3.39. The Bertz CT molecular complexity index is 423. The van der Waals surface area contributed by atoms with Crippen LogP contribution in [0.2, 0.25) is 0 Å². The van der Waals surface area contributed by atoms with Gasteiger partial charge >= 0.3 is 0 Å². The fourth-order valence-corrected chi connectivity index (χ4v) is 2.42. The largest absolute Gasteiger partial charge is 0.496 e. The van der Waals surface area contributed by atoms with Crippen molar-refractivity contribution in [3.63, 3.8) is 0 Å². The van der Waals surface area contributed by atoms with Gasteiger partial charge in [-0.05, 0) is 53.5 Å². The topological polar surface area (TPSA) is 50.4 Å². The Labute approximate surface area is 121 Å². The molecule has 0 aromatic heterocycles. The number of halogens is 2. The molecular weight excluding hydrogens is 320 g/mol. The molecule has 0 unspecified atom stereocenters. The molecule has 2 N–H and O–H groups in total. The van der Waals surface area contributed by atoms with E-state index in [0.717, 1.165) is 35.3 Å². The third-order valence-electron chi connectivity index (χ3n) is 2.80. The summed E-state index contributed by atoms with van der Waals surface area (Å²) < 4.78 is 5.96. The molecule has 0 aliphatic carbocycles. The first-order valence-corrected chi connectivity index (χ1v) is 6.38. The van der Waals surface area contributed by atoms with Crippen molar-refractivity contribution in [2.45, 2.75) is 18.9 Å². The predicted octanol–water partition coefficient (Wildman–Crippen LogP) is 2.57. The summed E-state index contributed by atoms with van der Waals surface area (Å²) in [6.45, 7) is 0.921. The highest BCUT2D eigenvalue weighted by molar-refractivity contribution is 9.10. The lowest BCUT2D eigenvalue weighted by Gasteiger charge is -2.12. The van der Waals surface area contributed by atoms with E-state index in [1.165, 1.54) is 0 Å². The number of hydrogen-bond acceptors (Lipinski definition) is 3. The zero-order valence-electron chi connectivity index (χ0n) is 10.0. The molecule has 0 radical (unpaired) electrons. The van der Waals surface area contributed by atoms with E-state index >= 15 is 0 Å². The van der Waals surface area contributed by atoms with E-state index in [2.05, 4.69) is 26.6 Å². The summed E-state index contributed by atoms with van der Waals surface area (Å²) in [6, 6.07) is 5.43. The Hall–Kier alpha value is -0.780. The van der Waals surface area contributed by atoms with Crippen LogP contribution in [-0.4, -0.2) is 25.6 Å². The fraction of sp³-hybridized carbons (Fsp3) is 0.417. The number of anilines is 1. The number of carbonyl (C=O) groups is 1. The number of methoxy groups -OCH3 is 1. The third kappa shape index (κ3) is 3.60. The van der Waals surface area contributed by atoms with E-state index in [1.807, 2.05) is 18.2 Å². The molecule has 1 fully saturated rings. The van der Waals surface area contributed by atoms with Crippen molar-refractivity contribution in [2.75, 3.05) is 19.0 Å². The SMILES string of the molecule is COc1ccc(NC(=O)[C@@H]2CCCN2)cc1Br.Cl. The zero-order chi connectivity index (χ0) is 12.3. The number of rotatable bonds is 3. The maximum atomic E-state index is 11.9. The van der Waals surface area contributed by atoms with Crippen LogP contribution in [0.4, 0.5) is 5.69 Å². The monoisotopic (exact) mass is 334 g/mol. The number of nitrogens with one attached hydrogen (secondary N) is 2. The van der Waals surface area contributed by atoms with Crippen molar-refractivity contribution in [3.8, 4) is 5.75 Å². The van der Waals surface area contributed by atoms with Gasteiger partial charge in [0.1, 0.15) is 5.75 Å². The summed E-state index contributed by atoms with van der Waals surface area (Å²) in [7, 11) is 1.61. The molecule has 18 heavy (non-hydrogen) atoms. The number of ether oxygens (including phenoxy) is 1. The molecule has 1 amide bonds. The summed E-state index contributed by atoms with van der Waals surface area (Å²) in [5.74, 6) is 0.779. The molecule has 0 saturated carbocycles. The second-order valence-electron chi connectivity index (χ2n) is 3.99. The molecule has 1 atom stereocenters. The molecule has 1 aromatic carbocycles. The average molecular weight is 336 g/mol. The van der Waals surface area contributed by atoms with Crippen LogP contribution in [0.1, 0.15) is 12.8 Å². The Morgan fingerprint density at radius 3 is 2.89 bits per heavy atom. The smallest absolute Gasteiger partial charge is 0.241 e. The van der Waals surface area contributed by atoms with Crippen LogP contribution >= 0.6 is 28.3 Å². The van der Waals surface area contributed by atoms with Gasteiger partial charge in [-0.2, -0.15) is 0 Å². The lowest BCUT2D eigenvalue weighted by molar-refractivity contribution is -0.117. The normalized spacial score (nSPS) is 18.0. The Balaban J connectivity index is 0.00000162. The van der Waals surface area contributed by atoms with Gasteiger partial charge in [-0.3, -0.25) is 4.79 Å². The summed E-state index contributed by atoms with van der Waals surface area (Å²) in [5.41, 5.74) is 0.774. The van der Waals surface area contributed by atoms with Gasteiger partial charge in [0.2, 0.25) is 5.91 Å². The van der Waals surface area contributed by atoms with E-state index in [1.54, 1.807) is 7.11 Å². The number of hydrogen-bond donors (Lipinski definition) is 2. The minimum absolute atomic E-state index is 0. The standard InChI is InChI=1S/C12H15BrN2O2.ClH/c1-17-11-5-4-8(7-9(11)13)15-12(16)10-3-2-6-14-10;/h4-5,7,10,14H,2-3,6H2,1H3,(H,15,16);1H/t10-;/m0./s1. The van der Waals surface area contributed by atoms with Crippen molar-refractivity contribution >= 4 is 39.9 Å². The maximum Gasteiger partial charge on any atom is 0.241 e. The molecule has 0 bridgehead atoms. The van der Waals surface area contributed by atoms with Crippen molar-refractivity contribution in [1.82, 2.24) is 5.32 Å². The lowest BCUT2D eigenvalue weighted by atomic mass is 10.2. The minimum atomic E-state index is -0.0594. The van der Waals surface area contributed by atoms with Crippen molar-refractivity contribution < 1.29 is 9.53 Å². The molecular formula is C12H16BrClN2O2. The van der Waals surface area contributed by atoms with Crippen molar-refractivity contribution in [1.29, 1.82) is 0 Å². The Morgan fingerprint density at radius 2 is 2.33 bits per heavy atom. The highest BCUT2D eigenvalue weighted by Crippen LogP contribution is 2.27. The first-order valence-electron chi connectivity index (χ1n) is 5.58. The Morgan fingerprint density at radius 1 is 1.56 bits per heavy atom. The molecule has 6 heteroatoms. The van der Waals surface area contributed by atoms with Gasteiger partial charge in [0.05, 0.1) is 17.6 Å². The maximum absolute atomic E-state index is 11.9. The van der Waals surface area contributed by atoms with Gasteiger partial charge in [0.25, 0.3) is 0 Å². The minimum Gasteiger partial charge on any atom is -0.496 e. The van der Waals surface area contributed by atoms with E-state index in [0.29, 0.717) is 0 Å². The summed E-state index contributed by atoms with van der Waals surface area (Å²) in [6.07, 6.45) is 1.97. The molecule has 1 aliphatic rings. The highest BCUT2D eigenvalue weighted by atomic mass is 79.9. The molecule has 1 aliphatic heterocycles. The van der Waals surface area contributed by atoms with Gasteiger partial charge in [-0.15, -0.1) is 12.4 Å². The van der Waals surface area contributed by atoms with E-state index in [9.17, 15) is 4.79 Å². The van der Waals surface area contributed by atoms with Gasteiger partial charge in [0, 0.05) is 5.69 Å². The number of amides is 1. The molecule has 1 saturated heterocycles. The van der Waals surface area contributed by atoms with Gasteiger partial charge in [0.15, 0.2) is 0 Å². The predicted molar refractivity (Wildman–Crippen MR) is 77.6 cm³/mol. The first kappa shape index (κ1) is 15.3. The summed E-state index contributed by atoms with van der Waals surface area (Å²) in [4.78, 5) is 11.9. The van der Waals surface area contributed by atoms with E-state index in [4.69, 9.17) is 4.74 Å². The van der Waals surface area contributed by atoms with Crippen LogP contribution in [0.15, 0.2) is 22.7 Å². The number of benzene rings is 1. The average Bonchev–Trinajstić information content (AvgIpc) is 2.82. The van der Waals surface area contributed by atoms with Crippen LogP contribution in [0, 0.1) is 0 Å². The van der Waals surface area contributed by atoms with Crippen LogP contribution in [0.25, 0.3) is 0 Å². The zero-order valence-corrected chi connectivity index (χ0v) is 12.4. The van der Waals surface area contributed by atoms with Gasteiger partial charge in [-0.25, -0.2) is 0 Å². The van der Waals surface area contributed by atoms with Gasteiger partial charge in [-0.1, -0.05) is 0 Å². The Kier molecular flexibility index (Phi) is 5.91. The quantitative estimate of drug-likeness (QED) is 0.892. The lowest BCUT2D eigenvalue weighted by Crippen LogP contribution is -2.35. The van der Waals surface area contributed by atoms with Crippen LogP contribution in [0.5, 0.6) is 5.75 Å². The molecule has 2 rings (SSSR count). The second-order valence-corrected chi connectivity index (χ2v) is 4.84. The summed E-state index contributed by atoms with van der Waals surface area (Å²) in [5, 5.41) is 6.05. The van der Waals surface area contributed by atoms with Crippen LogP contribution in [0.3, 0.4) is 0 Å². The molecule has 0 spiro atoms. The van der Waals surface area contributed by atoms with E-state index < -0.39 is 0 Å². The highest BCUT2D eigenvalue weighted by Gasteiger charge is 2.21. The van der Waals surface area contributed by atoms with Crippen LogP contribution in [-0.2, 0) is 4.79 Å². The van der Waals surface area contributed by atoms with E-state index in [-0.39, 0.29) is 24.4 Å². The molecule has 1 heterocycles. The van der Waals surface area contributed by atoms with Gasteiger partial charge < -0.3 is 15.4 Å². The molecule has 100 valence electrons. The third-order valence-corrected chi connectivity index (χ3v) is 3.42. The fourth-order valence-electron chi connectivity index (χ4n) is 1.88. The molecule has 1 aromatic rings.